The summed E-state index contributed by atoms with van der Waals surface area (Å²) in [7, 11) is 0. The first-order valence-corrected chi connectivity index (χ1v) is 7.81. The molecule has 0 aromatic rings. The van der Waals surface area contributed by atoms with E-state index in [1.165, 1.54) is 0 Å². The molecule has 20 heavy (non-hydrogen) atoms. The first-order valence-electron chi connectivity index (χ1n) is 7.81. The van der Waals surface area contributed by atoms with Gasteiger partial charge in [0.1, 0.15) is 6.04 Å². The zero-order chi connectivity index (χ0) is 14.3. The van der Waals surface area contributed by atoms with Crippen LogP contribution in [0.15, 0.2) is 0 Å². The minimum absolute atomic E-state index is 0.0452. The van der Waals surface area contributed by atoms with Gasteiger partial charge in [0.15, 0.2) is 0 Å². The molecule has 3 aliphatic rings. The Balaban J connectivity index is 1.72. The average molecular weight is 280 g/mol. The predicted octanol–water partition coefficient (Wildman–Crippen LogP) is 1.36. The molecule has 0 aromatic carbocycles. The molecule has 3 rings (SSSR count). The van der Waals surface area contributed by atoms with Crippen molar-refractivity contribution in [3.8, 4) is 0 Å². The number of aliphatic carboxylic acids is 1. The number of hydrogen-bond acceptors (Lipinski definition) is 3. The van der Waals surface area contributed by atoms with Crippen LogP contribution in [-0.4, -0.2) is 40.0 Å². The standard InChI is InChI=1S/C15H24N2O3/c16-15(6-1-2-7-15)8-12(18)17-9-10-4-3-5-11(10)13(17)14(19)20/h10-11,13H,1-9,16H2,(H,19,20). The highest BCUT2D eigenvalue weighted by molar-refractivity contribution is 5.85. The molecule has 0 radical (unpaired) electrons. The molecule has 5 heteroatoms. The van der Waals surface area contributed by atoms with Crippen LogP contribution in [0.1, 0.15) is 51.4 Å². The smallest absolute Gasteiger partial charge is 0.326 e. The van der Waals surface area contributed by atoms with Gasteiger partial charge in [0.2, 0.25) is 5.91 Å². The Bertz CT molecular complexity index is 417. The number of carbonyl (C=O) groups is 2. The van der Waals surface area contributed by atoms with Gasteiger partial charge in [-0.05, 0) is 37.5 Å². The molecule has 1 aliphatic heterocycles. The van der Waals surface area contributed by atoms with E-state index in [0.29, 0.717) is 18.9 Å². The van der Waals surface area contributed by atoms with E-state index in [2.05, 4.69) is 0 Å². The van der Waals surface area contributed by atoms with Gasteiger partial charge in [-0.2, -0.15) is 0 Å². The maximum absolute atomic E-state index is 12.5. The molecular weight excluding hydrogens is 256 g/mol. The third-order valence-electron chi connectivity index (χ3n) is 5.57. The van der Waals surface area contributed by atoms with E-state index in [1.807, 2.05) is 0 Å². The van der Waals surface area contributed by atoms with Gasteiger partial charge in [-0.15, -0.1) is 0 Å². The lowest BCUT2D eigenvalue weighted by atomic mass is 9.93. The van der Waals surface area contributed by atoms with Crippen LogP contribution >= 0.6 is 0 Å². The molecule has 0 spiro atoms. The number of amides is 1. The van der Waals surface area contributed by atoms with E-state index in [0.717, 1.165) is 44.9 Å². The molecule has 3 fully saturated rings. The molecule has 3 atom stereocenters. The SMILES string of the molecule is NC1(CC(=O)N2CC3CCCC3C2C(=O)O)CCCC1. The molecule has 1 saturated heterocycles. The van der Waals surface area contributed by atoms with Gasteiger partial charge in [-0.1, -0.05) is 19.3 Å². The molecule has 5 nitrogen and oxygen atoms in total. The van der Waals surface area contributed by atoms with Crippen molar-refractivity contribution in [2.75, 3.05) is 6.54 Å². The Morgan fingerprint density at radius 2 is 1.90 bits per heavy atom. The van der Waals surface area contributed by atoms with Crippen LogP contribution in [0.25, 0.3) is 0 Å². The number of likely N-dealkylation sites (tertiary alicyclic amines) is 1. The first kappa shape index (κ1) is 13.9. The molecule has 3 unspecified atom stereocenters. The second-order valence-corrected chi connectivity index (χ2v) is 6.93. The first-order chi connectivity index (χ1) is 9.50. The Hall–Kier alpha value is -1.10. The fourth-order valence-electron chi connectivity index (χ4n) is 4.54. The topological polar surface area (TPSA) is 83.6 Å². The summed E-state index contributed by atoms with van der Waals surface area (Å²) in [5.41, 5.74) is 5.88. The van der Waals surface area contributed by atoms with Crippen LogP contribution in [0, 0.1) is 11.8 Å². The van der Waals surface area contributed by atoms with Crippen molar-refractivity contribution in [1.29, 1.82) is 0 Å². The summed E-state index contributed by atoms with van der Waals surface area (Å²) in [6.45, 7) is 0.622. The zero-order valence-corrected chi connectivity index (χ0v) is 11.9. The summed E-state index contributed by atoms with van der Waals surface area (Å²) in [6, 6.07) is -0.611. The van der Waals surface area contributed by atoms with Gasteiger partial charge in [-0.3, -0.25) is 4.79 Å². The Kier molecular flexibility index (Phi) is 3.48. The number of nitrogens with zero attached hydrogens (tertiary/aromatic N) is 1. The minimum atomic E-state index is -0.842. The van der Waals surface area contributed by atoms with Crippen LogP contribution in [0.5, 0.6) is 0 Å². The van der Waals surface area contributed by atoms with Crippen LogP contribution in [-0.2, 0) is 9.59 Å². The van der Waals surface area contributed by atoms with E-state index >= 15 is 0 Å². The van der Waals surface area contributed by atoms with Crippen LogP contribution in [0.2, 0.25) is 0 Å². The fourth-order valence-corrected chi connectivity index (χ4v) is 4.54. The van der Waals surface area contributed by atoms with Crippen molar-refractivity contribution in [1.82, 2.24) is 4.90 Å². The van der Waals surface area contributed by atoms with E-state index in [-0.39, 0.29) is 11.8 Å². The zero-order valence-electron chi connectivity index (χ0n) is 11.9. The highest BCUT2D eigenvalue weighted by Gasteiger charge is 2.50. The van der Waals surface area contributed by atoms with Crippen molar-refractivity contribution in [2.24, 2.45) is 17.6 Å². The summed E-state index contributed by atoms with van der Waals surface area (Å²) in [4.78, 5) is 25.7. The van der Waals surface area contributed by atoms with Crippen LogP contribution in [0.4, 0.5) is 0 Å². The van der Waals surface area contributed by atoms with E-state index in [9.17, 15) is 14.7 Å². The predicted molar refractivity (Wildman–Crippen MR) is 74.0 cm³/mol. The number of hydrogen-bond donors (Lipinski definition) is 2. The normalized spacial score (nSPS) is 35.2. The number of fused-ring (bicyclic) bond motifs is 1. The van der Waals surface area contributed by atoms with Crippen LogP contribution in [0.3, 0.4) is 0 Å². The maximum Gasteiger partial charge on any atom is 0.326 e. The molecular formula is C15H24N2O3. The number of nitrogens with two attached hydrogens (primary N) is 1. The third-order valence-corrected chi connectivity index (χ3v) is 5.57. The van der Waals surface area contributed by atoms with Crippen molar-refractivity contribution in [2.45, 2.75) is 62.9 Å². The minimum Gasteiger partial charge on any atom is -0.480 e. The van der Waals surface area contributed by atoms with Gasteiger partial charge >= 0.3 is 5.97 Å². The molecule has 2 saturated carbocycles. The lowest BCUT2D eigenvalue weighted by molar-refractivity contribution is -0.150. The van der Waals surface area contributed by atoms with Gasteiger partial charge in [0.25, 0.3) is 0 Å². The number of carboxylic acid groups (broad SMARTS) is 1. The molecule has 112 valence electrons. The van der Waals surface area contributed by atoms with Gasteiger partial charge in [-0.25, -0.2) is 4.79 Å². The molecule has 3 N–H and O–H groups in total. The third kappa shape index (κ3) is 2.32. The molecule has 1 heterocycles. The number of carboxylic acids is 1. The number of rotatable bonds is 3. The van der Waals surface area contributed by atoms with Gasteiger partial charge in [0.05, 0.1) is 0 Å². The van der Waals surface area contributed by atoms with E-state index in [4.69, 9.17) is 5.73 Å². The summed E-state index contributed by atoms with van der Waals surface area (Å²) < 4.78 is 0. The molecule has 0 bridgehead atoms. The Morgan fingerprint density at radius 3 is 2.55 bits per heavy atom. The maximum atomic E-state index is 12.5. The highest BCUT2D eigenvalue weighted by atomic mass is 16.4. The monoisotopic (exact) mass is 280 g/mol. The van der Waals surface area contributed by atoms with Crippen molar-refractivity contribution < 1.29 is 14.7 Å². The number of carbonyl (C=O) groups excluding carboxylic acids is 1. The summed E-state index contributed by atoms with van der Waals surface area (Å²) in [6.07, 6.45) is 7.35. The quantitative estimate of drug-likeness (QED) is 0.817. The van der Waals surface area contributed by atoms with Crippen molar-refractivity contribution in [3.63, 3.8) is 0 Å². The van der Waals surface area contributed by atoms with Crippen molar-refractivity contribution >= 4 is 11.9 Å². The summed E-state index contributed by atoms with van der Waals surface area (Å²) >= 11 is 0. The fraction of sp³-hybridized carbons (Fsp3) is 0.867. The average Bonchev–Trinajstić information content (AvgIpc) is 3.02. The Labute approximate surface area is 119 Å². The van der Waals surface area contributed by atoms with E-state index < -0.39 is 17.6 Å². The molecule has 2 aliphatic carbocycles. The molecule has 0 aromatic heterocycles. The second-order valence-electron chi connectivity index (χ2n) is 6.93. The van der Waals surface area contributed by atoms with Gasteiger partial charge in [0, 0.05) is 18.5 Å². The van der Waals surface area contributed by atoms with Crippen molar-refractivity contribution in [3.05, 3.63) is 0 Å². The largest absolute Gasteiger partial charge is 0.480 e. The summed E-state index contributed by atoms with van der Waals surface area (Å²) in [5.74, 6) is -0.340. The van der Waals surface area contributed by atoms with E-state index in [1.54, 1.807) is 4.90 Å². The van der Waals surface area contributed by atoms with Gasteiger partial charge < -0.3 is 15.7 Å². The molecule has 1 amide bonds. The summed E-state index contributed by atoms with van der Waals surface area (Å²) in [5, 5.41) is 9.48. The van der Waals surface area contributed by atoms with Crippen LogP contribution < -0.4 is 5.73 Å². The lowest BCUT2D eigenvalue weighted by Gasteiger charge is -2.29. The second kappa shape index (κ2) is 5.02. The lowest BCUT2D eigenvalue weighted by Crippen LogP contribution is -2.48. The highest BCUT2D eigenvalue weighted by Crippen LogP contribution is 2.43. The Morgan fingerprint density at radius 1 is 1.20 bits per heavy atom.